The zero-order valence-corrected chi connectivity index (χ0v) is 7.66. The van der Waals surface area contributed by atoms with Gasteiger partial charge in [-0.1, -0.05) is 0 Å². The summed E-state index contributed by atoms with van der Waals surface area (Å²) in [6, 6.07) is 0. The molecule has 1 fully saturated rings. The Balaban J connectivity index is 2.06. The van der Waals surface area contributed by atoms with E-state index < -0.39 is 0 Å². The molecule has 0 aromatic heterocycles. The lowest BCUT2D eigenvalue weighted by Crippen LogP contribution is -2.53. The molecule has 2 aliphatic heterocycles. The van der Waals surface area contributed by atoms with Gasteiger partial charge in [0.15, 0.2) is 0 Å². The Bertz CT molecular complexity index is 206. The van der Waals surface area contributed by atoms with Gasteiger partial charge < -0.3 is 9.64 Å². The van der Waals surface area contributed by atoms with E-state index in [0.717, 1.165) is 26.2 Å². The number of morpholine rings is 1. The van der Waals surface area contributed by atoms with Gasteiger partial charge >= 0.3 is 0 Å². The first-order valence-electron chi connectivity index (χ1n) is 4.29. The van der Waals surface area contributed by atoms with Gasteiger partial charge in [-0.15, -0.1) is 0 Å². The lowest BCUT2D eigenvalue weighted by atomic mass is 10.0. The molecule has 1 atom stereocenters. The summed E-state index contributed by atoms with van der Waals surface area (Å²) in [7, 11) is 4.10. The number of hydrazone groups is 1. The van der Waals surface area contributed by atoms with Crippen LogP contribution in [0, 0.1) is 0 Å². The molecule has 0 aliphatic carbocycles. The van der Waals surface area contributed by atoms with Crippen molar-refractivity contribution in [3.63, 3.8) is 0 Å². The van der Waals surface area contributed by atoms with Crippen molar-refractivity contribution in [3.05, 3.63) is 0 Å². The van der Waals surface area contributed by atoms with E-state index in [1.54, 1.807) is 0 Å². The van der Waals surface area contributed by atoms with Crippen LogP contribution < -0.4 is 0 Å². The van der Waals surface area contributed by atoms with Crippen molar-refractivity contribution in [2.45, 2.75) is 5.60 Å². The number of likely N-dealkylation sites (N-methyl/N-ethyl adjacent to an activating group) is 2. The Kier molecular flexibility index (Phi) is 1.81. The summed E-state index contributed by atoms with van der Waals surface area (Å²) in [4.78, 5) is 2.29. The highest BCUT2D eigenvalue weighted by atomic mass is 16.5. The van der Waals surface area contributed by atoms with E-state index in [1.807, 2.05) is 18.3 Å². The summed E-state index contributed by atoms with van der Waals surface area (Å²) >= 11 is 0. The maximum Gasteiger partial charge on any atom is 0.136 e. The molecule has 0 aromatic rings. The molecule has 2 aliphatic rings. The molecule has 0 bridgehead atoms. The number of ether oxygens (including phenoxy) is 1. The maximum absolute atomic E-state index is 5.73. The highest BCUT2D eigenvalue weighted by Crippen LogP contribution is 2.20. The zero-order valence-electron chi connectivity index (χ0n) is 7.66. The van der Waals surface area contributed by atoms with Crippen molar-refractivity contribution >= 4 is 6.21 Å². The van der Waals surface area contributed by atoms with Crippen LogP contribution in [0.1, 0.15) is 0 Å². The third kappa shape index (κ3) is 1.32. The van der Waals surface area contributed by atoms with Crippen LogP contribution in [0.25, 0.3) is 0 Å². The average molecular weight is 169 g/mol. The second kappa shape index (κ2) is 2.71. The van der Waals surface area contributed by atoms with Crippen LogP contribution in [0.15, 0.2) is 5.10 Å². The van der Waals surface area contributed by atoms with Crippen LogP contribution in [0.5, 0.6) is 0 Å². The number of rotatable bonds is 0. The first kappa shape index (κ1) is 8.01. The molecule has 4 heteroatoms. The van der Waals surface area contributed by atoms with Gasteiger partial charge in [0.1, 0.15) is 5.60 Å². The van der Waals surface area contributed by atoms with E-state index in [9.17, 15) is 0 Å². The molecule has 0 saturated carbocycles. The van der Waals surface area contributed by atoms with Crippen molar-refractivity contribution in [2.24, 2.45) is 5.10 Å². The summed E-state index contributed by atoms with van der Waals surface area (Å²) in [5, 5.41) is 6.13. The van der Waals surface area contributed by atoms with Gasteiger partial charge in [0, 0.05) is 20.1 Å². The summed E-state index contributed by atoms with van der Waals surface area (Å²) < 4.78 is 5.73. The van der Waals surface area contributed by atoms with Gasteiger partial charge in [0.2, 0.25) is 0 Å². The van der Waals surface area contributed by atoms with Gasteiger partial charge in [-0.3, -0.25) is 5.01 Å². The Morgan fingerprint density at radius 2 is 2.25 bits per heavy atom. The minimum atomic E-state index is -0.123. The summed E-state index contributed by atoms with van der Waals surface area (Å²) in [5.41, 5.74) is -0.123. The third-order valence-corrected chi connectivity index (χ3v) is 2.39. The average Bonchev–Trinajstić information content (AvgIpc) is 2.32. The van der Waals surface area contributed by atoms with E-state index in [4.69, 9.17) is 4.74 Å². The second-order valence-electron chi connectivity index (χ2n) is 3.71. The molecule has 2 heterocycles. The van der Waals surface area contributed by atoms with Crippen molar-refractivity contribution in [2.75, 3.05) is 40.3 Å². The third-order valence-electron chi connectivity index (χ3n) is 2.39. The monoisotopic (exact) mass is 169 g/mol. The van der Waals surface area contributed by atoms with Crippen LogP contribution in [0.2, 0.25) is 0 Å². The van der Waals surface area contributed by atoms with Crippen molar-refractivity contribution in [1.82, 2.24) is 9.91 Å². The largest absolute Gasteiger partial charge is 0.365 e. The number of nitrogens with zero attached hydrogens (tertiary/aromatic N) is 3. The van der Waals surface area contributed by atoms with Gasteiger partial charge in [0.05, 0.1) is 19.4 Å². The smallest absolute Gasteiger partial charge is 0.136 e. The van der Waals surface area contributed by atoms with Gasteiger partial charge in [0.25, 0.3) is 0 Å². The maximum atomic E-state index is 5.73. The molecule has 0 N–H and O–H groups in total. The standard InChI is InChI=1S/C8H15N3O/c1-10-3-4-12-8(6-10)5-9-11(2)7-8/h5H,3-4,6-7H2,1-2H3. The molecule has 12 heavy (non-hydrogen) atoms. The summed E-state index contributed by atoms with van der Waals surface area (Å²) in [6.07, 6.45) is 1.93. The molecule has 2 rings (SSSR count). The van der Waals surface area contributed by atoms with Crippen molar-refractivity contribution in [3.8, 4) is 0 Å². The normalized spacial score (nSPS) is 36.7. The fraction of sp³-hybridized carbons (Fsp3) is 0.875. The van der Waals surface area contributed by atoms with Crippen LogP contribution in [-0.2, 0) is 4.74 Å². The molecule has 0 radical (unpaired) electrons. The fourth-order valence-corrected chi connectivity index (χ4v) is 1.83. The Labute approximate surface area is 72.8 Å². The quantitative estimate of drug-likeness (QED) is 0.495. The molecule has 4 nitrogen and oxygen atoms in total. The zero-order chi connectivity index (χ0) is 8.60. The first-order valence-corrected chi connectivity index (χ1v) is 4.29. The molecule has 0 amide bonds. The van der Waals surface area contributed by atoms with Crippen LogP contribution in [-0.4, -0.2) is 62.1 Å². The Morgan fingerprint density at radius 1 is 1.42 bits per heavy atom. The lowest BCUT2D eigenvalue weighted by molar-refractivity contribution is -0.0586. The molecule has 1 saturated heterocycles. The highest BCUT2D eigenvalue weighted by molar-refractivity contribution is 5.71. The Hall–Kier alpha value is -0.610. The summed E-state index contributed by atoms with van der Waals surface area (Å²) in [5.74, 6) is 0. The second-order valence-corrected chi connectivity index (χ2v) is 3.71. The molecular weight excluding hydrogens is 154 g/mol. The topological polar surface area (TPSA) is 28.1 Å². The minimum Gasteiger partial charge on any atom is -0.365 e. The minimum absolute atomic E-state index is 0.123. The Morgan fingerprint density at radius 3 is 2.83 bits per heavy atom. The molecule has 0 aromatic carbocycles. The van der Waals surface area contributed by atoms with E-state index in [0.29, 0.717) is 0 Å². The SMILES string of the molecule is CN1CCOC2(C=NN(C)C2)C1. The predicted octanol–water partition coefficient (Wildman–Crippen LogP) is -0.382. The van der Waals surface area contributed by atoms with E-state index >= 15 is 0 Å². The summed E-state index contributed by atoms with van der Waals surface area (Å²) in [6.45, 7) is 3.69. The van der Waals surface area contributed by atoms with E-state index in [-0.39, 0.29) is 5.60 Å². The van der Waals surface area contributed by atoms with E-state index in [1.165, 1.54) is 0 Å². The van der Waals surface area contributed by atoms with Crippen LogP contribution in [0.3, 0.4) is 0 Å². The number of hydrogen-bond acceptors (Lipinski definition) is 4. The van der Waals surface area contributed by atoms with Crippen LogP contribution >= 0.6 is 0 Å². The lowest BCUT2D eigenvalue weighted by Gasteiger charge is -2.36. The first-order chi connectivity index (χ1) is 5.70. The number of hydrogen-bond donors (Lipinski definition) is 0. The van der Waals surface area contributed by atoms with Crippen molar-refractivity contribution < 1.29 is 4.74 Å². The van der Waals surface area contributed by atoms with Crippen molar-refractivity contribution in [1.29, 1.82) is 0 Å². The fourth-order valence-electron chi connectivity index (χ4n) is 1.83. The van der Waals surface area contributed by atoms with E-state index in [2.05, 4.69) is 17.0 Å². The molecular formula is C8H15N3O. The molecule has 1 spiro atoms. The highest BCUT2D eigenvalue weighted by Gasteiger charge is 2.38. The molecule has 68 valence electrons. The van der Waals surface area contributed by atoms with Gasteiger partial charge in [-0.2, -0.15) is 5.10 Å². The van der Waals surface area contributed by atoms with Gasteiger partial charge in [-0.05, 0) is 7.05 Å². The van der Waals surface area contributed by atoms with Gasteiger partial charge in [-0.25, -0.2) is 0 Å². The van der Waals surface area contributed by atoms with Crippen LogP contribution in [0.4, 0.5) is 0 Å². The predicted molar refractivity (Wildman–Crippen MR) is 47.3 cm³/mol. The molecule has 1 unspecified atom stereocenters.